The standard InChI is InChI=1S/C14H20N4O4/c1-13-7(15(3)11(21)17(5)9(13)19)14(2)8(13)16(4)12(22)18(6)10(14)20/h7-8H,1-6H3. The summed E-state index contributed by atoms with van der Waals surface area (Å²) in [5, 5.41) is 0. The SMILES string of the molecule is CN1C(=O)N(C)C2C(C)(C1=O)C1N(C)C(=O)N(C)C(=O)C21C. The quantitative estimate of drug-likeness (QED) is 0.620. The Balaban J connectivity index is 2.19. The molecule has 0 bridgehead atoms. The molecule has 0 spiro atoms. The van der Waals surface area contributed by atoms with E-state index in [0.29, 0.717) is 0 Å². The molecule has 0 unspecified atom stereocenters. The van der Waals surface area contributed by atoms with Gasteiger partial charge >= 0.3 is 12.1 Å². The molecule has 22 heavy (non-hydrogen) atoms. The lowest BCUT2D eigenvalue weighted by Gasteiger charge is -2.72. The molecule has 2 saturated heterocycles. The Kier molecular flexibility index (Phi) is 2.55. The van der Waals surface area contributed by atoms with Gasteiger partial charge in [0, 0.05) is 28.2 Å². The number of rotatable bonds is 0. The van der Waals surface area contributed by atoms with Crippen molar-refractivity contribution in [3.8, 4) is 0 Å². The average molecular weight is 308 g/mol. The molecule has 3 aliphatic rings. The van der Waals surface area contributed by atoms with Gasteiger partial charge < -0.3 is 9.80 Å². The summed E-state index contributed by atoms with van der Waals surface area (Å²) >= 11 is 0. The molecule has 3 rings (SSSR count). The molecule has 6 amide bonds. The van der Waals surface area contributed by atoms with Crippen molar-refractivity contribution < 1.29 is 19.2 Å². The van der Waals surface area contributed by atoms with E-state index in [-0.39, 0.29) is 11.8 Å². The lowest BCUT2D eigenvalue weighted by molar-refractivity contribution is -0.219. The number of imide groups is 2. The number of carbonyl (C=O) groups excluding carboxylic acids is 4. The summed E-state index contributed by atoms with van der Waals surface area (Å²) in [6.07, 6.45) is 0. The number of nitrogens with zero attached hydrogens (tertiary/aromatic N) is 4. The molecule has 0 N–H and O–H groups in total. The molecule has 0 aromatic carbocycles. The Morgan fingerprint density at radius 3 is 1.23 bits per heavy atom. The summed E-state index contributed by atoms with van der Waals surface area (Å²) in [6.45, 7) is 3.46. The second-order valence-corrected chi connectivity index (χ2v) is 6.89. The van der Waals surface area contributed by atoms with Gasteiger partial charge in [-0.2, -0.15) is 0 Å². The summed E-state index contributed by atoms with van der Waals surface area (Å²) in [5.74, 6) is -0.694. The fourth-order valence-corrected chi connectivity index (χ4v) is 5.12. The molecule has 120 valence electrons. The number of urea groups is 2. The van der Waals surface area contributed by atoms with Crippen LogP contribution in [0.2, 0.25) is 0 Å². The van der Waals surface area contributed by atoms with Crippen LogP contribution < -0.4 is 0 Å². The van der Waals surface area contributed by atoms with Crippen LogP contribution in [0.5, 0.6) is 0 Å². The van der Waals surface area contributed by atoms with E-state index in [1.165, 1.54) is 23.9 Å². The second kappa shape index (κ2) is 3.80. The van der Waals surface area contributed by atoms with Gasteiger partial charge in [0.25, 0.3) is 0 Å². The Morgan fingerprint density at radius 2 is 0.955 bits per heavy atom. The van der Waals surface area contributed by atoms with Crippen LogP contribution in [0.25, 0.3) is 0 Å². The van der Waals surface area contributed by atoms with Crippen LogP contribution in [0, 0.1) is 10.8 Å². The van der Waals surface area contributed by atoms with Crippen LogP contribution in [0.1, 0.15) is 13.8 Å². The molecule has 1 saturated carbocycles. The molecule has 3 fully saturated rings. The zero-order chi connectivity index (χ0) is 16.8. The number of hydrogen-bond acceptors (Lipinski definition) is 4. The predicted octanol–water partition coefficient (Wildman–Crippen LogP) is -0.203. The van der Waals surface area contributed by atoms with Crippen molar-refractivity contribution in [2.24, 2.45) is 10.8 Å². The fourth-order valence-electron chi connectivity index (χ4n) is 5.12. The van der Waals surface area contributed by atoms with Crippen molar-refractivity contribution >= 4 is 23.9 Å². The molecule has 0 aromatic heterocycles. The highest BCUT2D eigenvalue weighted by Gasteiger charge is 2.80. The summed E-state index contributed by atoms with van der Waals surface area (Å²) < 4.78 is 0. The summed E-state index contributed by atoms with van der Waals surface area (Å²) in [7, 11) is 6.05. The van der Waals surface area contributed by atoms with Crippen molar-refractivity contribution in [3.05, 3.63) is 0 Å². The molecule has 0 aromatic rings. The van der Waals surface area contributed by atoms with Crippen LogP contribution in [-0.4, -0.2) is 83.8 Å². The number of carbonyl (C=O) groups is 4. The maximum absolute atomic E-state index is 12.7. The lowest BCUT2D eigenvalue weighted by atomic mass is 9.43. The van der Waals surface area contributed by atoms with E-state index in [1.54, 1.807) is 27.9 Å². The Morgan fingerprint density at radius 1 is 0.682 bits per heavy atom. The minimum atomic E-state index is -0.979. The van der Waals surface area contributed by atoms with E-state index in [4.69, 9.17) is 0 Å². The molecule has 0 radical (unpaired) electrons. The second-order valence-electron chi connectivity index (χ2n) is 6.89. The van der Waals surface area contributed by atoms with Crippen molar-refractivity contribution in [2.75, 3.05) is 28.2 Å². The highest BCUT2D eigenvalue weighted by atomic mass is 16.2. The van der Waals surface area contributed by atoms with Crippen LogP contribution >= 0.6 is 0 Å². The van der Waals surface area contributed by atoms with Gasteiger partial charge in [0.15, 0.2) is 0 Å². The number of amides is 6. The van der Waals surface area contributed by atoms with Crippen molar-refractivity contribution in [2.45, 2.75) is 25.9 Å². The van der Waals surface area contributed by atoms with Gasteiger partial charge in [0.1, 0.15) is 0 Å². The topological polar surface area (TPSA) is 81.2 Å². The third-order valence-corrected chi connectivity index (χ3v) is 5.75. The first kappa shape index (κ1) is 14.8. The molecule has 0 atom stereocenters. The van der Waals surface area contributed by atoms with E-state index in [2.05, 4.69) is 0 Å². The maximum atomic E-state index is 12.7. The summed E-state index contributed by atoms with van der Waals surface area (Å²) in [4.78, 5) is 55.0. The lowest BCUT2D eigenvalue weighted by Crippen LogP contribution is -2.90. The normalized spacial score (nSPS) is 41.5. The largest absolute Gasteiger partial charge is 0.326 e. The van der Waals surface area contributed by atoms with Crippen molar-refractivity contribution in [1.29, 1.82) is 0 Å². The van der Waals surface area contributed by atoms with Gasteiger partial charge in [-0.3, -0.25) is 19.4 Å². The predicted molar refractivity (Wildman–Crippen MR) is 75.6 cm³/mol. The van der Waals surface area contributed by atoms with Gasteiger partial charge in [0.05, 0.1) is 22.9 Å². The van der Waals surface area contributed by atoms with Crippen molar-refractivity contribution in [1.82, 2.24) is 19.6 Å². The van der Waals surface area contributed by atoms with E-state index in [1.807, 2.05) is 0 Å². The Bertz CT molecular complexity index is 568. The first-order valence-corrected chi connectivity index (χ1v) is 7.12. The van der Waals surface area contributed by atoms with E-state index in [0.717, 1.165) is 9.80 Å². The Hall–Kier alpha value is -2.12. The molecular formula is C14H20N4O4. The van der Waals surface area contributed by atoms with Gasteiger partial charge in [-0.1, -0.05) is 0 Å². The minimum Gasteiger partial charge on any atom is -0.322 e. The van der Waals surface area contributed by atoms with Gasteiger partial charge in [0.2, 0.25) is 11.8 Å². The monoisotopic (exact) mass is 308 g/mol. The van der Waals surface area contributed by atoms with Crippen LogP contribution in [-0.2, 0) is 9.59 Å². The van der Waals surface area contributed by atoms with Crippen LogP contribution in [0.3, 0.4) is 0 Å². The number of hydrogen-bond donors (Lipinski definition) is 0. The average Bonchev–Trinajstić information content (AvgIpc) is 2.47. The smallest absolute Gasteiger partial charge is 0.322 e. The fraction of sp³-hybridized carbons (Fsp3) is 0.714. The highest BCUT2D eigenvalue weighted by Crippen LogP contribution is 2.62. The van der Waals surface area contributed by atoms with Crippen LogP contribution in [0.15, 0.2) is 0 Å². The molecule has 2 heterocycles. The maximum Gasteiger partial charge on any atom is 0.326 e. The Labute approximate surface area is 128 Å². The van der Waals surface area contributed by atoms with Crippen LogP contribution in [0.4, 0.5) is 9.59 Å². The van der Waals surface area contributed by atoms with E-state index < -0.39 is 35.0 Å². The first-order valence-electron chi connectivity index (χ1n) is 7.12. The van der Waals surface area contributed by atoms with Crippen molar-refractivity contribution in [3.63, 3.8) is 0 Å². The summed E-state index contributed by atoms with van der Waals surface area (Å²) in [5.41, 5.74) is -1.96. The van der Waals surface area contributed by atoms with E-state index >= 15 is 0 Å². The zero-order valence-corrected chi connectivity index (χ0v) is 13.6. The molecule has 2 aliphatic heterocycles. The molecule has 1 aliphatic carbocycles. The third-order valence-electron chi connectivity index (χ3n) is 5.75. The van der Waals surface area contributed by atoms with Gasteiger partial charge in [-0.25, -0.2) is 9.59 Å². The summed E-state index contributed by atoms with van der Waals surface area (Å²) in [6, 6.07) is -1.98. The van der Waals surface area contributed by atoms with Gasteiger partial charge in [-0.05, 0) is 13.8 Å². The van der Waals surface area contributed by atoms with Gasteiger partial charge in [-0.15, -0.1) is 0 Å². The molecule has 8 nitrogen and oxygen atoms in total. The first-order chi connectivity index (χ1) is 10.0. The van der Waals surface area contributed by atoms with E-state index in [9.17, 15) is 19.2 Å². The number of fused-ring (bicyclic) bond motifs is 4. The third kappa shape index (κ3) is 1.17. The zero-order valence-electron chi connectivity index (χ0n) is 13.6. The molecular weight excluding hydrogens is 288 g/mol. The highest BCUT2D eigenvalue weighted by molar-refractivity contribution is 6.09. The molecule has 8 heteroatoms. The minimum absolute atomic E-state index is 0.347.